The zero-order valence-electron chi connectivity index (χ0n) is 13.4. The second-order valence-electron chi connectivity index (χ2n) is 5.04. The maximum Gasteiger partial charge on any atom is 0.319 e. The number of amides is 2. The van der Waals surface area contributed by atoms with Gasteiger partial charge in [0.25, 0.3) is 0 Å². The predicted molar refractivity (Wildman–Crippen MR) is 87.9 cm³/mol. The third-order valence-corrected chi connectivity index (χ3v) is 3.15. The summed E-state index contributed by atoms with van der Waals surface area (Å²) in [4.78, 5) is 22.8. The fourth-order valence-electron chi connectivity index (χ4n) is 2.02. The normalized spacial score (nSPS) is 9.74. The van der Waals surface area contributed by atoms with Crippen molar-refractivity contribution in [2.45, 2.75) is 39.0 Å². The number of esters is 1. The maximum absolute atomic E-state index is 11.7. The summed E-state index contributed by atoms with van der Waals surface area (Å²) in [5, 5.41) is 14.2. The average molecular weight is 317 g/mol. The summed E-state index contributed by atoms with van der Waals surface area (Å²) in [5.74, 6) is -0.149. The van der Waals surface area contributed by atoms with E-state index in [0.717, 1.165) is 25.7 Å². The molecule has 0 saturated heterocycles. The highest BCUT2D eigenvalue weighted by molar-refractivity contribution is 5.89. The van der Waals surface area contributed by atoms with Crippen molar-refractivity contribution in [3.05, 3.63) is 29.8 Å². The van der Waals surface area contributed by atoms with E-state index in [9.17, 15) is 9.59 Å². The Morgan fingerprint density at radius 3 is 2.74 bits per heavy atom. The number of hydrogen-bond acceptors (Lipinski definition) is 4. The largest absolute Gasteiger partial charge is 0.466 e. The summed E-state index contributed by atoms with van der Waals surface area (Å²) in [6.45, 7) is 2.80. The molecule has 2 N–H and O–H groups in total. The standard InChI is InChI=1S/C17H23N3O3/c1-2-23-16(21)10-5-3-4-6-11-19-17(22)20-15-9-7-8-14(12-15)13-18/h7-9,12H,2-6,10-11H2,1H3,(H2,19,20,22). The van der Waals surface area contributed by atoms with Gasteiger partial charge in [-0.2, -0.15) is 5.26 Å². The average Bonchev–Trinajstić information content (AvgIpc) is 2.54. The summed E-state index contributed by atoms with van der Waals surface area (Å²) >= 11 is 0. The van der Waals surface area contributed by atoms with Crippen LogP contribution in [0.25, 0.3) is 0 Å². The summed E-state index contributed by atoms with van der Waals surface area (Å²) < 4.78 is 4.85. The predicted octanol–water partition coefficient (Wildman–Crippen LogP) is 3.19. The van der Waals surface area contributed by atoms with Crippen LogP contribution < -0.4 is 10.6 Å². The first kappa shape index (κ1) is 18.5. The smallest absolute Gasteiger partial charge is 0.319 e. The molecule has 0 atom stereocenters. The lowest BCUT2D eigenvalue weighted by molar-refractivity contribution is -0.143. The van der Waals surface area contributed by atoms with Gasteiger partial charge in [0.1, 0.15) is 0 Å². The van der Waals surface area contributed by atoms with Crippen molar-refractivity contribution in [2.75, 3.05) is 18.5 Å². The molecule has 0 aliphatic heterocycles. The number of nitriles is 1. The van der Waals surface area contributed by atoms with E-state index in [0.29, 0.717) is 30.8 Å². The Morgan fingerprint density at radius 1 is 1.22 bits per heavy atom. The van der Waals surface area contributed by atoms with Gasteiger partial charge in [0, 0.05) is 18.7 Å². The zero-order chi connectivity index (χ0) is 16.9. The van der Waals surface area contributed by atoms with Crippen molar-refractivity contribution >= 4 is 17.7 Å². The van der Waals surface area contributed by atoms with E-state index in [-0.39, 0.29) is 12.0 Å². The Balaban J connectivity index is 2.08. The first-order valence-corrected chi connectivity index (χ1v) is 7.86. The highest BCUT2D eigenvalue weighted by Gasteiger charge is 2.03. The molecule has 0 fully saturated rings. The topological polar surface area (TPSA) is 91.2 Å². The van der Waals surface area contributed by atoms with Crippen LogP contribution in [0.15, 0.2) is 24.3 Å². The first-order valence-electron chi connectivity index (χ1n) is 7.86. The SMILES string of the molecule is CCOC(=O)CCCCCCNC(=O)Nc1cccc(C#N)c1. The fourth-order valence-corrected chi connectivity index (χ4v) is 2.02. The minimum Gasteiger partial charge on any atom is -0.466 e. The molecule has 0 unspecified atom stereocenters. The number of carbonyl (C=O) groups is 2. The molecule has 1 aromatic carbocycles. The number of benzene rings is 1. The fraction of sp³-hybridized carbons (Fsp3) is 0.471. The van der Waals surface area contributed by atoms with Crippen molar-refractivity contribution in [1.29, 1.82) is 5.26 Å². The van der Waals surface area contributed by atoms with Gasteiger partial charge in [-0.15, -0.1) is 0 Å². The second kappa shape index (κ2) is 11.1. The molecular weight excluding hydrogens is 294 g/mol. The number of unbranched alkanes of at least 4 members (excludes halogenated alkanes) is 3. The van der Waals surface area contributed by atoms with Crippen LogP contribution in [0.1, 0.15) is 44.6 Å². The van der Waals surface area contributed by atoms with Crippen LogP contribution >= 0.6 is 0 Å². The monoisotopic (exact) mass is 317 g/mol. The van der Waals surface area contributed by atoms with Crippen molar-refractivity contribution in [3.8, 4) is 6.07 Å². The van der Waals surface area contributed by atoms with Gasteiger partial charge >= 0.3 is 12.0 Å². The van der Waals surface area contributed by atoms with Crippen LogP contribution in [0, 0.1) is 11.3 Å². The number of anilines is 1. The quantitative estimate of drug-likeness (QED) is 0.540. The number of urea groups is 1. The molecule has 0 bridgehead atoms. The Morgan fingerprint density at radius 2 is 2.00 bits per heavy atom. The van der Waals surface area contributed by atoms with Gasteiger partial charge in [0.15, 0.2) is 0 Å². The molecule has 124 valence electrons. The number of carbonyl (C=O) groups excluding carboxylic acids is 2. The molecule has 0 radical (unpaired) electrons. The highest BCUT2D eigenvalue weighted by atomic mass is 16.5. The first-order chi connectivity index (χ1) is 11.2. The minimum atomic E-state index is -0.286. The summed E-state index contributed by atoms with van der Waals surface area (Å²) in [6, 6.07) is 8.49. The molecular formula is C17H23N3O3. The van der Waals surface area contributed by atoms with Gasteiger partial charge in [-0.1, -0.05) is 18.9 Å². The Hall–Kier alpha value is -2.55. The van der Waals surface area contributed by atoms with Gasteiger partial charge in [0.05, 0.1) is 18.2 Å². The molecule has 0 saturated carbocycles. The zero-order valence-corrected chi connectivity index (χ0v) is 13.4. The van der Waals surface area contributed by atoms with Crippen molar-refractivity contribution in [1.82, 2.24) is 5.32 Å². The van der Waals surface area contributed by atoms with Crippen LogP contribution in [0.5, 0.6) is 0 Å². The molecule has 1 aromatic rings. The maximum atomic E-state index is 11.7. The van der Waals surface area contributed by atoms with E-state index in [4.69, 9.17) is 10.00 Å². The van der Waals surface area contributed by atoms with Crippen molar-refractivity contribution in [3.63, 3.8) is 0 Å². The lowest BCUT2D eigenvalue weighted by Gasteiger charge is -2.07. The van der Waals surface area contributed by atoms with Gasteiger partial charge < -0.3 is 15.4 Å². The van der Waals surface area contributed by atoms with Crippen LogP contribution in [0.2, 0.25) is 0 Å². The number of rotatable bonds is 9. The molecule has 6 heteroatoms. The molecule has 0 heterocycles. The van der Waals surface area contributed by atoms with E-state index in [1.165, 1.54) is 0 Å². The van der Waals surface area contributed by atoms with Gasteiger partial charge in [-0.25, -0.2) is 4.79 Å². The molecule has 2 amide bonds. The number of nitrogens with one attached hydrogen (secondary N) is 2. The van der Waals surface area contributed by atoms with Gasteiger partial charge in [-0.05, 0) is 38.0 Å². The van der Waals surface area contributed by atoms with Crippen LogP contribution in [-0.2, 0) is 9.53 Å². The summed E-state index contributed by atoms with van der Waals surface area (Å²) in [5.41, 5.74) is 1.10. The van der Waals surface area contributed by atoms with Crippen LogP contribution in [0.3, 0.4) is 0 Å². The summed E-state index contributed by atoms with van der Waals surface area (Å²) in [7, 11) is 0. The third-order valence-electron chi connectivity index (χ3n) is 3.15. The van der Waals surface area contributed by atoms with E-state index in [1.807, 2.05) is 6.07 Å². The van der Waals surface area contributed by atoms with E-state index in [2.05, 4.69) is 10.6 Å². The Bertz CT molecular complexity index is 552. The van der Waals surface area contributed by atoms with Gasteiger partial charge in [0.2, 0.25) is 0 Å². The number of hydrogen-bond donors (Lipinski definition) is 2. The van der Waals surface area contributed by atoms with E-state index >= 15 is 0 Å². The van der Waals surface area contributed by atoms with Gasteiger partial charge in [-0.3, -0.25) is 4.79 Å². The lowest BCUT2D eigenvalue weighted by Crippen LogP contribution is -2.29. The summed E-state index contributed by atoms with van der Waals surface area (Å²) in [6.07, 6.45) is 4.01. The molecule has 6 nitrogen and oxygen atoms in total. The molecule has 0 aliphatic carbocycles. The van der Waals surface area contributed by atoms with Crippen LogP contribution in [0.4, 0.5) is 10.5 Å². The van der Waals surface area contributed by atoms with Crippen molar-refractivity contribution in [2.24, 2.45) is 0 Å². The highest BCUT2D eigenvalue weighted by Crippen LogP contribution is 2.09. The minimum absolute atomic E-state index is 0.149. The van der Waals surface area contributed by atoms with E-state index in [1.54, 1.807) is 31.2 Å². The Labute approximate surface area is 136 Å². The molecule has 0 aromatic heterocycles. The van der Waals surface area contributed by atoms with E-state index < -0.39 is 0 Å². The Kier molecular flexibility index (Phi) is 8.91. The molecule has 1 rings (SSSR count). The third kappa shape index (κ3) is 8.47. The second-order valence-corrected chi connectivity index (χ2v) is 5.04. The van der Waals surface area contributed by atoms with Crippen LogP contribution in [-0.4, -0.2) is 25.2 Å². The number of ether oxygens (including phenoxy) is 1. The molecule has 0 aliphatic rings. The lowest BCUT2D eigenvalue weighted by atomic mass is 10.1. The van der Waals surface area contributed by atoms with Crippen molar-refractivity contribution < 1.29 is 14.3 Å². The number of nitrogens with zero attached hydrogens (tertiary/aromatic N) is 1. The molecule has 0 spiro atoms. The molecule has 23 heavy (non-hydrogen) atoms.